The molecule has 1 aliphatic rings. The second-order valence-corrected chi connectivity index (χ2v) is 7.85. The molecule has 1 saturated heterocycles. The van der Waals surface area contributed by atoms with Gasteiger partial charge in [0.25, 0.3) is 0 Å². The van der Waals surface area contributed by atoms with Crippen molar-refractivity contribution >= 4 is 11.6 Å². The van der Waals surface area contributed by atoms with Gasteiger partial charge in [0.1, 0.15) is 5.69 Å². The second kappa shape index (κ2) is 7.41. The molecule has 1 unspecified atom stereocenters. The molecule has 0 spiro atoms. The number of nitrogens with zero attached hydrogens (tertiary/aromatic N) is 6. The van der Waals surface area contributed by atoms with Crippen molar-refractivity contribution in [1.29, 1.82) is 0 Å². The maximum atomic E-state index is 13.4. The highest BCUT2D eigenvalue weighted by Gasteiger charge is 2.36. The highest BCUT2D eigenvalue weighted by molar-refractivity contribution is 5.76. The third-order valence-corrected chi connectivity index (χ3v) is 5.46. The number of aryl methyl sites for hydroxylation is 4. The number of amides is 1. The minimum absolute atomic E-state index is 0.0127. The lowest BCUT2D eigenvalue weighted by molar-refractivity contribution is -0.142. The lowest BCUT2D eigenvalue weighted by Crippen LogP contribution is -2.29. The SMILES string of the molecule is Cc1cc(C(F)(F)F)n2nc(C3CCN(C(=O)CCn4nc(C)cc4C)C3)cc2n1. The van der Waals surface area contributed by atoms with E-state index in [4.69, 9.17) is 0 Å². The lowest BCUT2D eigenvalue weighted by Gasteiger charge is -2.16. The van der Waals surface area contributed by atoms with Crippen molar-refractivity contribution in [2.24, 2.45) is 0 Å². The van der Waals surface area contributed by atoms with Crippen LogP contribution in [0.3, 0.4) is 0 Å². The van der Waals surface area contributed by atoms with Crippen LogP contribution in [-0.4, -0.2) is 48.3 Å². The lowest BCUT2D eigenvalue weighted by atomic mass is 10.1. The quantitative estimate of drug-likeness (QED) is 0.650. The molecule has 1 aliphatic heterocycles. The van der Waals surface area contributed by atoms with E-state index >= 15 is 0 Å². The van der Waals surface area contributed by atoms with Crippen LogP contribution in [0.4, 0.5) is 13.2 Å². The van der Waals surface area contributed by atoms with Gasteiger partial charge in [0, 0.05) is 49.4 Å². The molecule has 160 valence electrons. The van der Waals surface area contributed by atoms with Crippen molar-refractivity contribution in [3.8, 4) is 0 Å². The van der Waals surface area contributed by atoms with Crippen LogP contribution in [0, 0.1) is 20.8 Å². The molecule has 4 rings (SSSR count). The van der Waals surface area contributed by atoms with Gasteiger partial charge in [0.15, 0.2) is 5.65 Å². The van der Waals surface area contributed by atoms with Gasteiger partial charge >= 0.3 is 6.18 Å². The molecule has 0 radical (unpaired) electrons. The predicted octanol–water partition coefficient (Wildman–Crippen LogP) is 3.28. The van der Waals surface area contributed by atoms with Crippen LogP contribution in [-0.2, 0) is 17.5 Å². The maximum absolute atomic E-state index is 13.4. The van der Waals surface area contributed by atoms with E-state index in [0.717, 1.165) is 22.0 Å². The Morgan fingerprint density at radius 2 is 1.90 bits per heavy atom. The molecule has 3 aromatic heterocycles. The van der Waals surface area contributed by atoms with Crippen molar-refractivity contribution < 1.29 is 18.0 Å². The van der Waals surface area contributed by atoms with Gasteiger partial charge in [-0.15, -0.1) is 0 Å². The van der Waals surface area contributed by atoms with Crippen LogP contribution in [0.5, 0.6) is 0 Å². The van der Waals surface area contributed by atoms with Crippen LogP contribution >= 0.6 is 0 Å². The summed E-state index contributed by atoms with van der Waals surface area (Å²) in [5.41, 5.74) is 2.07. The summed E-state index contributed by atoms with van der Waals surface area (Å²) in [6.07, 6.45) is -3.52. The molecule has 0 aliphatic carbocycles. The fraction of sp³-hybridized carbons (Fsp3) is 0.500. The molecule has 1 amide bonds. The van der Waals surface area contributed by atoms with Gasteiger partial charge in [-0.2, -0.15) is 23.4 Å². The molecule has 30 heavy (non-hydrogen) atoms. The first-order chi connectivity index (χ1) is 14.1. The van der Waals surface area contributed by atoms with Gasteiger partial charge in [-0.3, -0.25) is 9.48 Å². The topological polar surface area (TPSA) is 68.3 Å². The Kier molecular flexibility index (Phi) is 5.03. The van der Waals surface area contributed by atoms with Gasteiger partial charge < -0.3 is 4.90 Å². The number of halogens is 3. The Morgan fingerprint density at radius 3 is 2.57 bits per heavy atom. The molecule has 0 aromatic carbocycles. The zero-order chi connectivity index (χ0) is 21.6. The summed E-state index contributed by atoms with van der Waals surface area (Å²) < 4.78 is 42.7. The van der Waals surface area contributed by atoms with Crippen molar-refractivity contribution in [3.05, 3.63) is 46.7 Å². The molecule has 0 saturated carbocycles. The van der Waals surface area contributed by atoms with E-state index in [-0.39, 0.29) is 23.2 Å². The summed E-state index contributed by atoms with van der Waals surface area (Å²) >= 11 is 0. The molecule has 3 aromatic rings. The van der Waals surface area contributed by atoms with E-state index < -0.39 is 11.9 Å². The number of likely N-dealkylation sites (tertiary alicyclic amines) is 1. The number of alkyl halides is 3. The minimum Gasteiger partial charge on any atom is -0.342 e. The fourth-order valence-corrected chi connectivity index (χ4v) is 4.01. The zero-order valence-corrected chi connectivity index (χ0v) is 17.1. The average molecular weight is 420 g/mol. The predicted molar refractivity (Wildman–Crippen MR) is 103 cm³/mol. The first kappa shape index (κ1) is 20.4. The molecule has 10 heteroatoms. The monoisotopic (exact) mass is 420 g/mol. The zero-order valence-electron chi connectivity index (χ0n) is 17.1. The van der Waals surface area contributed by atoms with Gasteiger partial charge in [-0.05, 0) is 39.3 Å². The Morgan fingerprint density at radius 1 is 1.13 bits per heavy atom. The summed E-state index contributed by atoms with van der Waals surface area (Å²) in [7, 11) is 0. The molecule has 0 bridgehead atoms. The van der Waals surface area contributed by atoms with E-state index in [1.54, 1.807) is 11.0 Å². The molecular weight excluding hydrogens is 397 g/mol. The molecular formula is C20H23F3N6O. The number of carbonyl (C=O) groups is 1. The van der Waals surface area contributed by atoms with Crippen LogP contribution in [0.1, 0.15) is 47.2 Å². The van der Waals surface area contributed by atoms with Crippen molar-refractivity contribution in [2.45, 2.75) is 52.3 Å². The Balaban J connectivity index is 1.47. The molecule has 0 N–H and O–H groups in total. The normalized spacial score (nSPS) is 17.3. The maximum Gasteiger partial charge on any atom is 0.433 e. The average Bonchev–Trinajstić information content (AvgIpc) is 3.36. The molecule has 7 nitrogen and oxygen atoms in total. The number of hydrogen-bond donors (Lipinski definition) is 0. The Hall–Kier alpha value is -2.91. The Bertz CT molecular complexity index is 1100. The van der Waals surface area contributed by atoms with E-state index in [1.165, 1.54) is 6.92 Å². The second-order valence-electron chi connectivity index (χ2n) is 7.85. The summed E-state index contributed by atoms with van der Waals surface area (Å²) in [6.45, 7) is 6.90. The standard InChI is InChI=1S/C20H23F3N6O/c1-12-9-17(20(21,22)23)29-18(24-12)10-16(26-29)15-4-6-27(11-15)19(30)5-7-28-14(3)8-13(2)25-28/h8-10,15H,4-7,11H2,1-3H3. The van der Waals surface area contributed by atoms with E-state index in [1.807, 2.05) is 24.6 Å². The molecule has 1 atom stereocenters. The van der Waals surface area contributed by atoms with Crippen LogP contribution in [0.25, 0.3) is 5.65 Å². The number of fused-ring (bicyclic) bond motifs is 1. The van der Waals surface area contributed by atoms with Crippen LogP contribution in [0.2, 0.25) is 0 Å². The third-order valence-electron chi connectivity index (χ3n) is 5.46. The number of carbonyl (C=O) groups excluding carboxylic acids is 1. The number of rotatable bonds is 4. The van der Waals surface area contributed by atoms with Gasteiger partial charge in [-0.25, -0.2) is 9.50 Å². The first-order valence-electron chi connectivity index (χ1n) is 9.85. The van der Waals surface area contributed by atoms with Gasteiger partial charge in [0.2, 0.25) is 5.91 Å². The summed E-state index contributed by atoms with van der Waals surface area (Å²) in [5, 5.41) is 8.55. The van der Waals surface area contributed by atoms with E-state index in [9.17, 15) is 18.0 Å². The summed E-state index contributed by atoms with van der Waals surface area (Å²) in [4.78, 5) is 18.5. The minimum atomic E-state index is -4.52. The first-order valence-corrected chi connectivity index (χ1v) is 9.85. The number of hydrogen-bond acceptors (Lipinski definition) is 4. The highest BCUT2D eigenvalue weighted by Crippen LogP contribution is 2.32. The van der Waals surface area contributed by atoms with Crippen LogP contribution < -0.4 is 0 Å². The van der Waals surface area contributed by atoms with Crippen LogP contribution in [0.15, 0.2) is 18.2 Å². The summed E-state index contributed by atoms with van der Waals surface area (Å²) in [6, 6.07) is 4.55. The molecule has 1 fully saturated rings. The smallest absolute Gasteiger partial charge is 0.342 e. The number of aromatic nitrogens is 5. The van der Waals surface area contributed by atoms with E-state index in [2.05, 4.69) is 15.2 Å². The molecule has 4 heterocycles. The van der Waals surface area contributed by atoms with Crippen molar-refractivity contribution in [1.82, 2.24) is 29.3 Å². The highest BCUT2D eigenvalue weighted by atomic mass is 19.4. The fourth-order valence-electron chi connectivity index (χ4n) is 4.01. The Labute approximate surface area is 171 Å². The van der Waals surface area contributed by atoms with Crippen molar-refractivity contribution in [2.75, 3.05) is 13.1 Å². The summed E-state index contributed by atoms with van der Waals surface area (Å²) in [5.74, 6) is -0.0931. The largest absolute Gasteiger partial charge is 0.433 e. The van der Waals surface area contributed by atoms with Gasteiger partial charge in [-0.1, -0.05) is 0 Å². The third kappa shape index (κ3) is 3.90. The van der Waals surface area contributed by atoms with Gasteiger partial charge in [0.05, 0.1) is 11.4 Å². The van der Waals surface area contributed by atoms with Crippen molar-refractivity contribution in [3.63, 3.8) is 0 Å². The van der Waals surface area contributed by atoms with E-state index in [0.29, 0.717) is 38.2 Å².